The van der Waals surface area contributed by atoms with Gasteiger partial charge in [-0.05, 0) is 19.4 Å². The van der Waals surface area contributed by atoms with Gasteiger partial charge in [-0.2, -0.15) is 0 Å². The molecule has 0 unspecified atom stereocenters. The molecule has 14 heavy (non-hydrogen) atoms. The van der Waals surface area contributed by atoms with Crippen molar-refractivity contribution in [1.29, 1.82) is 0 Å². The van der Waals surface area contributed by atoms with E-state index in [0.717, 1.165) is 31.3 Å². The molecule has 1 aliphatic carbocycles. The Labute approximate surface area is 84.1 Å². The van der Waals surface area contributed by atoms with Crippen LogP contribution < -0.4 is 5.32 Å². The van der Waals surface area contributed by atoms with Crippen LogP contribution in [0.4, 0.5) is 0 Å². The third-order valence-electron chi connectivity index (χ3n) is 2.70. The predicted octanol–water partition coefficient (Wildman–Crippen LogP) is 1.49. The molecule has 4 heteroatoms. The Morgan fingerprint density at radius 3 is 2.93 bits per heavy atom. The Balaban J connectivity index is 1.83. The zero-order valence-corrected chi connectivity index (χ0v) is 8.62. The summed E-state index contributed by atoms with van der Waals surface area (Å²) in [6, 6.07) is 0. The first-order chi connectivity index (χ1) is 6.90. The quantitative estimate of drug-likeness (QED) is 0.723. The molecule has 4 nitrogen and oxygen atoms in total. The van der Waals surface area contributed by atoms with E-state index in [1.807, 2.05) is 0 Å². The molecular formula is C10H17N3O. The molecule has 78 valence electrons. The van der Waals surface area contributed by atoms with Gasteiger partial charge < -0.3 is 9.73 Å². The molecule has 1 aliphatic rings. The van der Waals surface area contributed by atoms with Gasteiger partial charge in [0, 0.05) is 18.9 Å². The number of aromatic nitrogens is 2. The molecule has 0 bridgehead atoms. The average molecular weight is 195 g/mol. The normalized spacial score (nSPS) is 16.9. The molecule has 1 fully saturated rings. The Morgan fingerprint density at radius 1 is 1.43 bits per heavy atom. The lowest BCUT2D eigenvalue weighted by molar-refractivity contribution is 0.324. The number of nitrogens with zero attached hydrogens (tertiary/aromatic N) is 2. The number of hydrogen-bond donors (Lipinski definition) is 1. The summed E-state index contributed by atoms with van der Waals surface area (Å²) < 4.78 is 5.57. The van der Waals surface area contributed by atoms with Crippen LogP contribution in [-0.4, -0.2) is 23.3 Å². The second-order valence-electron chi connectivity index (χ2n) is 3.77. The lowest BCUT2D eigenvalue weighted by atomic mass is 9.85. The highest BCUT2D eigenvalue weighted by Crippen LogP contribution is 2.35. The van der Waals surface area contributed by atoms with Crippen LogP contribution >= 0.6 is 0 Å². The zero-order chi connectivity index (χ0) is 9.80. The molecule has 0 saturated heterocycles. The summed E-state index contributed by atoms with van der Waals surface area (Å²) in [6.07, 6.45) is 4.58. The van der Waals surface area contributed by atoms with Gasteiger partial charge in [-0.3, -0.25) is 0 Å². The maximum atomic E-state index is 5.57. The molecule has 1 aromatic rings. The number of nitrogens with one attached hydrogen (secondary N) is 1. The first-order valence-corrected chi connectivity index (χ1v) is 5.43. The van der Waals surface area contributed by atoms with Gasteiger partial charge in [-0.25, -0.2) is 0 Å². The summed E-state index contributed by atoms with van der Waals surface area (Å²) in [5.41, 5.74) is 0. The predicted molar refractivity (Wildman–Crippen MR) is 53.1 cm³/mol. The monoisotopic (exact) mass is 195 g/mol. The van der Waals surface area contributed by atoms with Gasteiger partial charge in [0.1, 0.15) is 0 Å². The van der Waals surface area contributed by atoms with Crippen molar-refractivity contribution < 1.29 is 4.42 Å². The fourth-order valence-electron chi connectivity index (χ4n) is 1.56. The summed E-state index contributed by atoms with van der Waals surface area (Å²) in [7, 11) is 0. The molecule has 0 aromatic carbocycles. The molecule has 0 radical (unpaired) electrons. The largest absolute Gasteiger partial charge is 0.425 e. The van der Waals surface area contributed by atoms with Crippen LogP contribution in [0, 0.1) is 0 Å². The summed E-state index contributed by atoms with van der Waals surface area (Å²) in [5.74, 6) is 2.17. The Morgan fingerprint density at radius 2 is 2.29 bits per heavy atom. The molecule has 0 spiro atoms. The molecule has 0 aliphatic heterocycles. The molecule has 1 N–H and O–H groups in total. The maximum Gasteiger partial charge on any atom is 0.219 e. The van der Waals surface area contributed by atoms with Crippen molar-refractivity contribution in [3.63, 3.8) is 0 Å². The lowest BCUT2D eigenvalue weighted by Gasteiger charge is -2.20. The molecule has 1 heterocycles. The SMILES string of the molecule is CCNCCc1nnc(C2CCC2)o1. The van der Waals surface area contributed by atoms with Crippen LogP contribution in [0.15, 0.2) is 4.42 Å². The van der Waals surface area contributed by atoms with Gasteiger partial charge in [0.05, 0.1) is 0 Å². The standard InChI is InChI=1S/C10H17N3O/c1-2-11-7-6-9-12-13-10(14-9)8-4-3-5-8/h8,11H,2-7H2,1H3. The minimum atomic E-state index is 0.551. The van der Waals surface area contributed by atoms with Crippen molar-refractivity contribution in [1.82, 2.24) is 15.5 Å². The first kappa shape index (κ1) is 9.65. The van der Waals surface area contributed by atoms with E-state index in [0.29, 0.717) is 5.92 Å². The third-order valence-corrected chi connectivity index (χ3v) is 2.70. The number of hydrogen-bond acceptors (Lipinski definition) is 4. The summed E-state index contributed by atoms with van der Waals surface area (Å²) >= 11 is 0. The second kappa shape index (κ2) is 4.55. The zero-order valence-electron chi connectivity index (χ0n) is 8.62. The average Bonchev–Trinajstić information content (AvgIpc) is 2.51. The van der Waals surface area contributed by atoms with Crippen LogP contribution in [-0.2, 0) is 6.42 Å². The number of likely N-dealkylation sites (N-methyl/N-ethyl adjacent to an activating group) is 1. The molecule has 2 rings (SSSR count). The third kappa shape index (κ3) is 2.12. The van der Waals surface area contributed by atoms with Crippen LogP contribution in [0.1, 0.15) is 43.9 Å². The summed E-state index contributed by atoms with van der Waals surface area (Å²) in [5, 5.41) is 11.3. The van der Waals surface area contributed by atoms with Crippen LogP contribution in [0.2, 0.25) is 0 Å². The molecule has 0 atom stereocenters. The van der Waals surface area contributed by atoms with Crippen LogP contribution in [0.3, 0.4) is 0 Å². The van der Waals surface area contributed by atoms with Crippen LogP contribution in [0.5, 0.6) is 0 Å². The van der Waals surface area contributed by atoms with Crippen molar-refractivity contribution in [2.75, 3.05) is 13.1 Å². The van der Waals surface area contributed by atoms with Crippen molar-refractivity contribution in [2.24, 2.45) is 0 Å². The van der Waals surface area contributed by atoms with Gasteiger partial charge in [-0.1, -0.05) is 13.3 Å². The molecule has 1 saturated carbocycles. The summed E-state index contributed by atoms with van der Waals surface area (Å²) in [4.78, 5) is 0. The highest BCUT2D eigenvalue weighted by Gasteiger charge is 2.24. The van der Waals surface area contributed by atoms with E-state index in [-0.39, 0.29) is 0 Å². The fraction of sp³-hybridized carbons (Fsp3) is 0.800. The highest BCUT2D eigenvalue weighted by atomic mass is 16.4. The van der Waals surface area contributed by atoms with E-state index in [1.54, 1.807) is 0 Å². The van der Waals surface area contributed by atoms with E-state index in [2.05, 4.69) is 22.4 Å². The number of rotatable bonds is 5. The highest BCUT2D eigenvalue weighted by molar-refractivity contribution is 4.96. The van der Waals surface area contributed by atoms with Gasteiger partial charge in [0.25, 0.3) is 0 Å². The van der Waals surface area contributed by atoms with Crippen LogP contribution in [0.25, 0.3) is 0 Å². The second-order valence-corrected chi connectivity index (χ2v) is 3.77. The van der Waals surface area contributed by atoms with E-state index in [9.17, 15) is 0 Å². The molecule has 0 amide bonds. The van der Waals surface area contributed by atoms with Crippen molar-refractivity contribution in [3.8, 4) is 0 Å². The minimum Gasteiger partial charge on any atom is -0.425 e. The Bertz CT molecular complexity index is 281. The topological polar surface area (TPSA) is 51.0 Å². The van der Waals surface area contributed by atoms with E-state index >= 15 is 0 Å². The van der Waals surface area contributed by atoms with Crippen molar-refractivity contribution >= 4 is 0 Å². The van der Waals surface area contributed by atoms with Crippen molar-refractivity contribution in [3.05, 3.63) is 11.8 Å². The van der Waals surface area contributed by atoms with E-state index in [1.165, 1.54) is 19.3 Å². The van der Waals surface area contributed by atoms with Gasteiger partial charge in [0.15, 0.2) is 0 Å². The first-order valence-electron chi connectivity index (χ1n) is 5.43. The maximum absolute atomic E-state index is 5.57. The Kier molecular flexibility index (Phi) is 3.14. The van der Waals surface area contributed by atoms with Crippen molar-refractivity contribution in [2.45, 2.75) is 38.5 Å². The van der Waals surface area contributed by atoms with E-state index in [4.69, 9.17) is 4.42 Å². The minimum absolute atomic E-state index is 0.551. The smallest absolute Gasteiger partial charge is 0.219 e. The van der Waals surface area contributed by atoms with Gasteiger partial charge in [0.2, 0.25) is 11.8 Å². The fourth-order valence-corrected chi connectivity index (χ4v) is 1.56. The lowest BCUT2D eigenvalue weighted by Crippen LogP contribution is -2.16. The summed E-state index contributed by atoms with van der Waals surface area (Å²) in [6.45, 7) is 4.00. The van der Waals surface area contributed by atoms with Gasteiger partial charge >= 0.3 is 0 Å². The van der Waals surface area contributed by atoms with E-state index < -0.39 is 0 Å². The Hall–Kier alpha value is -0.900. The van der Waals surface area contributed by atoms with Gasteiger partial charge in [-0.15, -0.1) is 10.2 Å². The molecule has 1 aromatic heterocycles. The molecular weight excluding hydrogens is 178 g/mol.